The molecule has 152 valence electrons. The Bertz CT molecular complexity index is 1330. The van der Waals surface area contributed by atoms with Gasteiger partial charge in [-0.15, -0.1) is 0 Å². The van der Waals surface area contributed by atoms with Crippen LogP contribution in [-0.4, -0.2) is 35.8 Å². The van der Waals surface area contributed by atoms with Crippen LogP contribution in [0.3, 0.4) is 0 Å². The van der Waals surface area contributed by atoms with E-state index in [1.54, 1.807) is 35.8 Å². The van der Waals surface area contributed by atoms with Crippen molar-refractivity contribution in [1.82, 2.24) is 15.4 Å². The SMILES string of the molecule is CS(=O)(=O)Nc1ccc(-c2ccc(-c3nc4ccc(C(=O)NO)cc4[nH]3)cc2)cc1. The van der Waals surface area contributed by atoms with Gasteiger partial charge >= 0.3 is 0 Å². The number of aromatic amines is 1. The predicted octanol–water partition coefficient (Wildman–Crippen LogP) is 3.39. The molecule has 0 unspecified atom stereocenters. The van der Waals surface area contributed by atoms with Gasteiger partial charge in [-0.05, 0) is 41.5 Å². The summed E-state index contributed by atoms with van der Waals surface area (Å²) < 4.78 is 25.1. The van der Waals surface area contributed by atoms with E-state index in [-0.39, 0.29) is 0 Å². The summed E-state index contributed by atoms with van der Waals surface area (Å²) in [6.07, 6.45) is 1.11. The molecular formula is C21H18N4O4S. The minimum Gasteiger partial charge on any atom is -0.338 e. The molecule has 1 aromatic heterocycles. The second-order valence-electron chi connectivity index (χ2n) is 6.79. The number of amides is 1. The smallest absolute Gasteiger partial charge is 0.274 e. The van der Waals surface area contributed by atoms with Crippen molar-refractivity contribution in [1.29, 1.82) is 0 Å². The minimum absolute atomic E-state index is 0.323. The first-order valence-electron chi connectivity index (χ1n) is 8.95. The molecule has 30 heavy (non-hydrogen) atoms. The molecular weight excluding hydrogens is 404 g/mol. The molecule has 0 aliphatic heterocycles. The second-order valence-corrected chi connectivity index (χ2v) is 8.54. The summed E-state index contributed by atoms with van der Waals surface area (Å²) in [6, 6.07) is 19.8. The lowest BCUT2D eigenvalue weighted by atomic mass is 10.0. The standard InChI is InChI=1S/C21H18N4O4S/c1-30(28,29)25-17-9-6-14(7-10-17)13-2-4-15(5-3-13)20-22-18-11-8-16(21(26)24-27)12-19(18)23-20/h2-12,25,27H,1H3,(H,22,23)(H,24,26). The van der Waals surface area contributed by atoms with Gasteiger partial charge in [-0.25, -0.2) is 18.9 Å². The number of nitrogens with one attached hydrogen (secondary N) is 3. The Morgan fingerprint density at radius 2 is 1.53 bits per heavy atom. The molecule has 0 spiro atoms. The average molecular weight is 422 g/mol. The van der Waals surface area contributed by atoms with E-state index in [4.69, 9.17) is 5.21 Å². The zero-order valence-electron chi connectivity index (χ0n) is 15.9. The molecule has 0 bridgehead atoms. The van der Waals surface area contributed by atoms with Crippen molar-refractivity contribution in [3.8, 4) is 22.5 Å². The van der Waals surface area contributed by atoms with Crippen LogP contribution in [-0.2, 0) is 10.0 Å². The van der Waals surface area contributed by atoms with Crippen molar-refractivity contribution < 1.29 is 18.4 Å². The molecule has 1 heterocycles. The summed E-state index contributed by atoms with van der Waals surface area (Å²) in [6.45, 7) is 0. The fourth-order valence-electron chi connectivity index (χ4n) is 3.12. The van der Waals surface area contributed by atoms with Crippen molar-refractivity contribution >= 4 is 32.7 Å². The Kier molecular flexibility index (Phi) is 4.98. The highest BCUT2D eigenvalue weighted by atomic mass is 32.2. The van der Waals surface area contributed by atoms with Gasteiger partial charge in [-0.2, -0.15) is 0 Å². The number of fused-ring (bicyclic) bond motifs is 1. The first-order chi connectivity index (χ1) is 14.3. The van der Waals surface area contributed by atoms with Crippen molar-refractivity contribution in [2.24, 2.45) is 0 Å². The van der Waals surface area contributed by atoms with Gasteiger partial charge in [-0.3, -0.25) is 14.7 Å². The van der Waals surface area contributed by atoms with E-state index in [0.717, 1.165) is 22.9 Å². The maximum absolute atomic E-state index is 11.6. The number of imidazole rings is 1. The zero-order valence-corrected chi connectivity index (χ0v) is 16.7. The Morgan fingerprint density at radius 1 is 0.933 bits per heavy atom. The highest BCUT2D eigenvalue weighted by Gasteiger charge is 2.10. The first-order valence-corrected chi connectivity index (χ1v) is 10.8. The highest BCUT2D eigenvalue weighted by molar-refractivity contribution is 7.92. The Labute approximate surface area is 172 Å². The highest BCUT2D eigenvalue weighted by Crippen LogP contribution is 2.26. The van der Waals surface area contributed by atoms with Crippen LogP contribution in [0.5, 0.6) is 0 Å². The van der Waals surface area contributed by atoms with E-state index in [0.29, 0.717) is 28.1 Å². The predicted molar refractivity (Wildman–Crippen MR) is 115 cm³/mol. The number of hydrogen-bond acceptors (Lipinski definition) is 5. The summed E-state index contributed by atoms with van der Waals surface area (Å²) in [5, 5.41) is 8.77. The molecule has 9 heteroatoms. The van der Waals surface area contributed by atoms with E-state index < -0.39 is 15.9 Å². The van der Waals surface area contributed by atoms with Crippen LogP contribution < -0.4 is 10.2 Å². The summed E-state index contributed by atoms with van der Waals surface area (Å²) in [7, 11) is -3.31. The fourth-order valence-corrected chi connectivity index (χ4v) is 3.68. The molecule has 0 aliphatic carbocycles. The summed E-state index contributed by atoms with van der Waals surface area (Å²) >= 11 is 0. The summed E-state index contributed by atoms with van der Waals surface area (Å²) in [5.74, 6) is 0.0703. The topological polar surface area (TPSA) is 124 Å². The van der Waals surface area contributed by atoms with Crippen LogP contribution >= 0.6 is 0 Å². The molecule has 3 aromatic carbocycles. The maximum atomic E-state index is 11.6. The van der Waals surface area contributed by atoms with Crippen LogP contribution in [0.4, 0.5) is 5.69 Å². The van der Waals surface area contributed by atoms with Crippen LogP contribution in [0.25, 0.3) is 33.5 Å². The zero-order chi connectivity index (χ0) is 21.3. The van der Waals surface area contributed by atoms with Gasteiger partial charge in [0.25, 0.3) is 5.91 Å². The lowest BCUT2D eigenvalue weighted by molar-refractivity contribution is 0.0706. The van der Waals surface area contributed by atoms with Crippen LogP contribution in [0.15, 0.2) is 66.7 Å². The molecule has 4 N–H and O–H groups in total. The number of carbonyl (C=O) groups is 1. The number of hydroxylamine groups is 1. The Hall–Kier alpha value is -3.69. The van der Waals surface area contributed by atoms with E-state index >= 15 is 0 Å². The van der Waals surface area contributed by atoms with Gasteiger partial charge in [0.2, 0.25) is 10.0 Å². The van der Waals surface area contributed by atoms with E-state index in [2.05, 4.69) is 14.7 Å². The summed E-state index contributed by atoms with van der Waals surface area (Å²) in [5.41, 5.74) is 6.63. The molecule has 4 aromatic rings. The summed E-state index contributed by atoms with van der Waals surface area (Å²) in [4.78, 5) is 19.3. The third-order valence-electron chi connectivity index (χ3n) is 4.53. The maximum Gasteiger partial charge on any atom is 0.274 e. The Morgan fingerprint density at radius 3 is 2.13 bits per heavy atom. The third kappa shape index (κ3) is 4.17. The molecule has 0 aliphatic rings. The molecule has 0 saturated carbocycles. The van der Waals surface area contributed by atoms with Gasteiger partial charge in [0, 0.05) is 16.8 Å². The van der Waals surface area contributed by atoms with Crippen molar-refractivity contribution in [2.75, 3.05) is 11.0 Å². The Balaban J connectivity index is 1.58. The monoisotopic (exact) mass is 422 g/mol. The number of H-pyrrole nitrogens is 1. The van der Waals surface area contributed by atoms with Crippen LogP contribution in [0.2, 0.25) is 0 Å². The van der Waals surface area contributed by atoms with Gasteiger partial charge in [0.1, 0.15) is 5.82 Å². The number of rotatable bonds is 5. The van der Waals surface area contributed by atoms with Crippen molar-refractivity contribution in [3.63, 3.8) is 0 Å². The largest absolute Gasteiger partial charge is 0.338 e. The third-order valence-corrected chi connectivity index (χ3v) is 5.13. The van der Waals surface area contributed by atoms with E-state index in [1.165, 1.54) is 0 Å². The van der Waals surface area contributed by atoms with Crippen molar-refractivity contribution in [2.45, 2.75) is 0 Å². The van der Waals surface area contributed by atoms with Crippen LogP contribution in [0, 0.1) is 0 Å². The first kappa shape index (κ1) is 19.6. The minimum atomic E-state index is -3.31. The van der Waals surface area contributed by atoms with Gasteiger partial charge in [-0.1, -0.05) is 36.4 Å². The van der Waals surface area contributed by atoms with E-state index in [9.17, 15) is 13.2 Å². The number of hydrogen-bond donors (Lipinski definition) is 4. The van der Waals surface area contributed by atoms with Gasteiger partial charge < -0.3 is 4.98 Å². The van der Waals surface area contributed by atoms with E-state index in [1.807, 2.05) is 36.4 Å². The molecule has 0 saturated heterocycles. The number of benzene rings is 3. The number of anilines is 1. The fraction of sp³-hybridized carbons (Fsp3) is 0.0476. The second kappa shape index (κ2) is 7.62. The average Bonchev–Trinajstić information content (AvgIpc) is 3.16. The van der Waals surface area contributed by atoms with Gasteiger partial charge in [0.15, 0.2) is 0 Å². The van der Waals surface area contributed by atoms with Crippen LogP contribution in [0.1, 0.15) is 10.4 Å². The number of nitrogens with zero attached hydrogens (tertiary/aromatic N) is 1. The number of aromatic nitrogens is 2. The normalized spacial score (nSPS) is 11.4. The molecule has 8 nitrogen and oxygen atoms in total. The number of sulfonamides is 1. The number of carbonyl (C=O) groups excluding carboxylic acids is 1. The molecule has 0 radical (unpaired) electrons. The quantitative estimate of drug-likeness (QED) is 0.290. The molecule has 0 fully saturated rings. The molecule has 1 amide bonds. The lowest BCUT2D eigenvalue weighted by Gasteiger charge is -2.06. The van der Waals surface area contributed by atoms with Crippen molar-refractivity contribution in [3.05, 3.63) is 72.3 Å². The molecule has 0 atom stereocenters. The lowest BCUT2D eigenvalue weighted by Crippen LogP contribution is -2.18. The van der Waals surface area contributed by atoms with Gasteiger partial charge in [0.05, 0.1) is 17.3 Å². The molecule has 4 rings (SSSR count).